The second-order valence-corrected chi connectivity index (χ2v) is 6.58. The smallest absolute Gasteiger partial charge is 0.270 e. The van der Waals surface area contributed by atoms with Crippen molar-refractivity contribution in [3.63, 3.8) is 0 Å². The molecule has 1 aliphatic rings. The van der Waals surface area contributed by atoms with Gasteiger partial charge in [-0.1, -0.05) is 0 Å². The van der Waals surface area contributed by atoms with Gasteiger partial charge in [0.15, 0.2) is 0 Å². The van der Waals surface area contributed by atoms with E-state index in [9.17, 15) is 19.7 Å². The van der Waals surface area contributed by atoms with Gasteiger partial charge in [-0.2, -0.15) is 0 Å². The predicted octanol–water partition coefficient (Wildman–Crippen LogP) is 1.44. The highest BCUT2D eigenvalue weighted by atomic mass is 16.6. The third-order valence-corrected chi connectivity index (χ3v) is 4.24. The van der Waals surface area contributed by atoms with E-state index in [0.717, 1.165) is 25.9 Å². The van der Waals surface area contributed by atoms with E-state index in [4.69, 9.17) is 5.73 Å². The van der Waals surface area contributed by atoms with Crippen molar-refractivity contribution < 1.29 is 14.5 Å². The molecule has 1 aromatic carbocycles. The minimum Gasteiger partial charge on any atom is -0.371 e. The molecule has 0 aromatic heterocycles. The molecular formula is C16H22N4O4. The zero-order chi connectivity index (χ0) is 17.9. The molecule has 2 amide bonds. The second kappa shape index (κ2) is 6.86. The standard InChI is InChI=1S/C16H22N4O4/c1-16(2,15(17)22)10-18-14(21)12-9-11(20(23)24)5-6-13(12)19-7-3-4-8-19/h5-6,9H,3-4,7-8,10H2,1-2H3,(H2,17,22)(H,18,21). The summed E-state index contributed by atoms with van der Waals surface area (Å²) in [6.07, 6.45) is 2.04. The summed E-state index contributed by atoms with van der Waals surface area (Å²) in [5.41, 5.74) is 5.18. The van der Waals surface area contributed by atoms with Crippen LogP contribution in [0, 0.1) is 15.5 Å². The lowest BCUT2D eigenvalue weighted by Gasteiger charge is -2.23. The molecule has 0 unspecified atom stereocenters. The Labute approximate surface area is 140 Å². The molecule has 1 aliphatic heterocycles. The van der Waals surface area contributed by atoms with Gasteiger partial charge < -0.3 is 16.0 Å². The molecule has 8 heteroatoms. The molecule has 0 spiro atoms. The number of rotatable bonds is 6. The largest absolute Gasteiger partial charge is 0.371 e. The Balaban J connectivity index is 2.28. The number of nitro benzene ring substituents is 1. The van der Waals surface area contributed by atoms with E-state index in [-0.39, 0.29) is 17.8 Å². The fraction of sp³-hybridized carbons (Fsp3) is 0.500. The van der Waals surface area contributed by atoms with Crippen molar-refractivity contribution in [2.75, 3.05) is 24.5 Å². The number of non-ortho nitro benzene ring substituents is 1. The van der Waals surface area contributed by atoms with Gasteiger partial charge in [0.05, 0.1) is 21.6 Å². The molecule has 2 rings (SSSR count). The van der Waals surface area contributed by atoms with Crippen molar-refractivity contribution in [3.05, 3.63) is 33.9 Å². The van der Waals surface area contributed by atoms with Crippen molar-refractivity contribution in [2.24, 2.45) is 11.1 Å². The van der Waals surface area contributed by atoms with E-state index in [2.05, 4.69) is 5.32 Å². The summed E-state index contributed by atoms with van der Waals surface area (Å²) in [5, 5.41) is 13.7. The number of benzene rings is 1. The lowest BCUT2D eigenvalue weighted by atomic mass is 9.92. The van der Waals surface area contributed by atoms with Gasteiger partial charge in [0.25, 0.3) is 11.6 Å². The van der Waals surface area contributed by atoms with E-state index < -0.39 is 22.2 Å². The highest BCUT2D eigenvalue weighted by molar-refractivity contribution is 6.00. The lowest BCUT2D eigenvalue weighted by molar-refractivity contribution is -0.384. The third kappa shape index (κ3) is 3.81. The van der Waals surface area contributed by atoms with E-state index in [0.29, 0.717) is 5.69 Å². The average molecular weight is 334 g/mol. The number of nitro groups is 1. The number of hydrogen-bond donors (Lipinski definition) is 2. The number of nitrogens with one attached hydrogen (secondary N) is 1. The molecular weight excluding hydrogens is 312 g/mol. The van der Waals surface area contributed by atoms with Crippen molar-refractivity contribution in [3.8, 4) is 0 Å². The van der Waals surface area contributed by atoms with Crippen LogP contribution >= 0.6 is 0 Å². The summed E-state index contributed by atoms with van der Waals surface area (Å²) < 4.78 is 0. The molecule has 8 nitrogen and oxygen atoms in total. The quantitative estimate of drug-likeness (QED) is 0.602. The molecule has 0 atom stereocenters. The molecule has 24 heavy (non-hydrogen) atoms. The molecule has 1 aromatic rings. The van der Waals surface area contributed by atoms with Crippen LogP contribution < -0.4 is 16.0 Å². The average Bonchev–Trinajstić information content (AvgIpc) is 3.06. The molecule has 1 fully saturated rings. The SMILES string of the molecule is CC(C)(CNC(=O)c1cc([N+](=O)[O-])ccc1N1CCCC1)C(N)=O. The van der Waals surface area contributed by atoms with E-state index in [1.54, 1.807) is 19.9 Å². The molecule has 1 heterocycles. The Bertz CT molecular complexity index is 666. The first-order valence-electron chi connectivity index (χ1n) is 7.84. The third-order valence-electron chi connectivity index (χ3n) is 4.24. The number of carbonyl (C=O) groups is 2. The van der Waals surface area contributed by atoms with Crippen LogP contribution in [0.5, 0.6) is 0 Å². The number of primary amides is 1. The first-order valence-corrected chi connectivity index (χ1v) is 7.84. The van der Waals surface area contributed by atoms with Gasteiger partial charge in [-0.05, 0) is 32.8 Å². The molecule has 1 saturated heterocycles. The first-order chi connectivity index (χ1) is 11.2. The Morgan fingerprint density at radius 3 is 2.50 bits per heavy atom. The van der Waals surface area contributed by atoms with Gasteiger partial charge in [-0.15, -0.1) is 0 Å². The maximum absolute atomic E-state index is 12.6. The van der Waals surface area contributed by atoms with Crippen molar-refractivity contribution in [1.29, 1.82) is 0 Å². The normalized spacial score (nSPS) is 14.5. The van der Waals surface area contributed by atoms with Crippen molar-refractivity contribution in [2.45, 2.75) is 26.7 Å². The summed E-state index contributed by atoms with van der Waals surface area (Å²) in [6, 6.07) is 4.29. The van der Waals surface area contributed by atoms with Crippen LogP contribution in [-0.2, 0) is 4.79 Å². The Morgan fingerprint density at radius 1 is 1.33 bits per heavy atom. The molecule has 0 bridgehead atoms. The van der Waals surface area contributed by atoms with Gasteiger partial charge in [-0.25, -0.2) is 0 Å². The Hall–Kier alpha value is -2.64. The van der Waals surface area contributed by atoms with Gasteiger partial charge in [0, 0.05) is 31.8 Å². The minimum absolute atomic E-state index is 0.0588. The molecule has 0 aliphatic carbocycles. The number of amides is 2. The first kappa shape index (κ1) is 17.7. The molecule has 130 valence electrons. The van der Waals surface area contributed by atoms with Gasteiger partial charge in [-0.3, -0.25) is 19.7 Å². The summed E-state index contributed by atoms with van der Waals surface area (Å²) in [6.45, 7) is 4.94. The monoisotopic (exact) mass is 334 g/mol. The Kier molecular flexibility index (Phi) is 5.06. The fourth-order valence-corrected chi connectivity index (χ4v) is 2.54. The molecule has 0 radical (unpaired) electrons. The van der Waals surface area contributed by atoms with Crippen LogP contribution in [0.25, 0.3) is 0 Å². The zero-order valence-electron chi connectivity index (χ0n) is 13.9. The predicted molar refractivity (Wildman–Crippen MR) is 89.9 cm³/mol. The van der Waals surface area contributed by atoms with Crippen LogP contribution in [-0.4, -0.2) is 36.4 Å². The maximum Gasteiger partial charge on any atom is 0.270 e. The summed E-state index contributed by atoms with van der Waals surface area (Å²) in [5.74, 6) is -0.975. The van der Waals surface area contributed by atoms with Crippen LogP contribution in [0.4, 0.5) is 11.4 Å². The highest BCUT2D eigenvalue weighted by Crippen LogP contribution is 2.28. The van der Waals surface area contributed by atoms with E-state index in [1.165, 1.54) is 12.1 Å². The van der Waals surface area contributed by atoms with Gasteiger partial charge in [0.2, 0.25) is 5.91 Å². The molecule has 3 N–H and O–H groups in total. The number of hydrogen-bond acceptors (Lipinski definition) is 5. The summed E-state index contributed by atoms with van der Waals surface area (Å²) >= 11 is 0. The molecule has 0 saturated carbocycles. The van der Waals surface area contributed by atoms with Crippen LogP contribution in [0.3, 0.4) is 0 Å². The number of anilines is 1. The fourth-order valence-electron chi connectivity index (χ4n) is 2.54. The maximum atomic E-state index is 12.6. The number of carbonyl (C=O) groups excluding carboxylic acids is 2. The van der Waals surface area contributed by atoms with Gasteiger partial charge >= 0.3 is 0 Å². The lowest BCUT2D eigenvalue weighted by Crippen LogP contribution is -2.42. The number of nitrogens with two attached hydrogens (primary N) is 1. The van der Waals surface area contributed by atoms with Crippen LogP contribution in [0.2, 0.25) is 0 Å². The van der Waals surface area contributed by atoms with Crippen molar-refractivity contribution >= 4 is 23.2 Å². The number of nitrogens with zero attached hydrogens (tertiary/aromatic N) is 2. The highest BCUT2D eigenvalue weighted by Gasteiger charge is 2.27. The van der Waals surface area contributed by atoms with Crippen LogP contribution in [0.15, 0.2) is 18.2 Å². The summed E-state index contributed by atoms with van der Waals surface area (Å²) in [7, 11) is 0. The minimum atomic E-state index is -0.899. The van der Waals surface area contributed by atoms with Crippen LogP contribution in [0.1, 0.15) is 37.0 Å². The topological polar surface area (TPSA) is 119 Å². The van der Waals surface area contributed by atoms with E-state index >= 15 is 0 Å². The van der Waals surface area contributed by atoms with Gasteiger partial charge in [0.1, 0.15) is 0 Å². The zero-order valence-corrected chi connectivity index (χ0v) is 13.9. The second-order valence-electron chi connectivity index (χ2n) is 6.58. The Morgan fingerprint density at radius 2 is 1.96 bits per heavy atom. The van der Waals surface area contributed by atoms with Crippen molar-refractivity contribution in [1.82, 2.24) is 5.32 Å². The van der Waals surface area contributed by atoms with E-state index in [1.807, 2.05) is 4.90 Å². The summed E-state index contributed by atoms with van der Waals surface area (Å²) in [4.78, 5) is 36.4.